The quantitative estimate of drug-likeness (QED) is 0.799. The number of carbonyl (C=O) groups is 1. The predicted octanol–water partition coefficient (Wildman–Crippen LogP) is 1.89. The van der Waals surface area contributed by atoms with Crippen LogP contribution in [-0.2, 0) is 16.1 Å². The Morgan fingerprint density at radius 1 is 1.35 bits per heavy atom. The third kappa shape index (κ3) is 1.49. The number of para-hydroxylation sites is 1. The summed E-state index contributed by atoms with van der Waals surface area (Å²) in [5, 5.41) is 9.15. The van der Waals surface area contributed by atoms with Crippen molar-refractivity contribution < 1.29 is 14.6 Å². The number of ether oxygens (including phenoxy) is 1. The minimum Gasteiger partial charge on any atom is -0.480 e. The van der Waals surface area contributed by atoms with E-state index in [-0.39, 0.29) is 5.76 Å². The van der Waals surface area contributed by atoms with Crippen molar-refractivity contribution in [2.75, 3.05) is 11.4 Å². The summed E-state index contributed by atoms with van der Waals surface area (Å²) in [6, 6.07) is 7.81. The van der Waals surface area contributed by atoms with Crippen molar-refractivity contribution in [3.63, 3.8) is 0 Å². The van der Waals surface area contributed by atoms with Gasteiger partial charge in [-0.3, -0.25) is 0 Å². The van der Waals surface area contributed by atoms with Gasteiger partial charge in [0.25, 0.3) is 0 Å². The smallest absolute Gasteiger partial charge is 0.373 e. The van der Waals surface area contributed by atoms with E-state index in [0.29, 0.717) is 18.8 Å². The van der Waals surface area contributed by atoms with Gasteiger partial charge in [-0.15, -0.1) is 0 Å². The lowest BCUT2D eigenvalue weighted by molar-refractivity contribution is -0.136. The van der Waals surface area contributed by atoms with Gasteiger partial charge in [0.2, 0.25) is 5.76 Å². The average molecular weight is 229 g/mol. The van der Waals surface area contributed by atoms with Crippen LogP contribution in [0.15, 0.2) is 47.9 Å². The molecule has 0 amide bonds. The molecule has 0 spiro atoms. The molecule has 1 aromatic rings. The lowest BCUT2D eigenvalue weighted by Crippen LogP contribution is -2.20. The summed E-state index contributed by atoms with van der Waals surface area (Å²) < 4.78 is 5.39. The Labute approximate surface area is 98.4 Å². The first-order valence-electron chi connectivity index (χ1n) is 5.40. The van der Waals surface area contributed by atoms with Gasteiger partial charge in [0.15, 0.2) is 0 Å². The van der Waals surface area contributed by atoms with Gasteiger partial charge in [-0.25, -0.2) is 4.79 Å². The van der Waals surface area contributed by atoms with Crippen LogP contribution in [0.2, 0.25) is 0 Å². The maximum absolute atomic E-state index is 11.2. The van der Waals surface area contributed by atoms with Gasteiger partial charge in [0.05, 0.1) is 5.70 Å². The largest absolute Gasteiger partial charge is 0.480 e. The Bertz CT molecular complexity index is 545. The number of allylic oxidation sites excluding steroid dienone is 1. The molecule has 0 radical (unpaired) electrons. The third-order valence-corrected chi connectivity index (χ3v) is 2.94. The molecule has 2 heterocycles. The molecule has 3 rings (SSSR count). The van der Waals surface area contributed by atoms with Crippen molar-refractivity contribution in [2.45, 2.75) is 6.61 Å². The molecule has 0 fully saturated rings. The van der Waals surface area contributed by atoms with Crippen molar-refractivity contribution in [3.05, 3.63) is 53.4 Å². The summed E-state index contributed by atoms with van der Waals surface area (Å²) in [6.07, 6.45) is 3.73. The topological polar surface area (TPSA) is 49.8 Å². The molecule has 0 bridgehead atoms. The minimum atomic E-state index is -1.02. The van der Waals surface area contributed by atoms with E-state index < -0.39 is 5.97 Å². The first kappa shape index (κ1) is 9.96. The number of fused-ring (bicyclic) bond motifs is 3. The standard InChI is InChI=1S/C13H11NO3/c15-13(16)12-11-6-3-7-14(11)10-5-2-1-4-9(10)8-17-12/h1-6H,7-8H2,(H,15,16). The number of rotatable bonds is 1. The van der Waals surface area contributed by atoms with E-state index in [1.165, 1.54) is 0 Å². The van der Waals surface area contributed by atoms with Gasteiger partial charge in [-0.05, 0) is 12.1 Å². The number of carboxylic acids is 1. The van der Waals surface area contributed by atoms with E-state index in [2.05, 4.69) is 0 Å². The summed E-state index contributed by atoms with van der Waals surface area (Å²) >= 11 is 0. The second kappa shape index (κ2) is 3.66. The first-order chi connectivity index (χ1) is 8.27. The predicted molar refractivity (Wildman–Crippen MR) is 62.4 cm³/mol. The summed E-state index contributed by atoms with van der Waals surface area (Å²) in [4.78, 5) is 13.1. The molecule has 2 aliphatic heterocycles. The Kier molecular flexibility index (Phi) is 2.14. The maximum Gasteiger partial charge on any atom is 0.373 e. The van der Waals surface area contributed by atoms with Gasteiger partial charge in [0.1, 0.15) is 6.61 Å². The van der Waals surface area contributed by atoms with Crippen LogP contribution in [0.3, 0.4) is 0 Å². The van der Waals surface area contributed by atoms with E-state index in [0.717, 1.165) is 11.3 Å². The number of hydrogen-bond acceptors (Lipinski definition) is 3. The lowest BCUT2D eigenvalue weighted by atomic mass is 10.1. The molecular weight excluding hydrogens is 218 g/mol. The van der Waals surface area contributed by atoms with Crippen LogP contribution >= 0.6 is 0 Å². The molecule has 4 heteroatoms. The number of benzene rings is 1. The Morgan fingerprint density at radius 2 is 2.18 bits per heavy atom. The van der Waals surface area contributed by atoms with E-state index >= 15 is 0 Å². The zero-order chi connectivity index (χ0) is 11.8. The van der Waals surface area contributed by atoms with Crippen LogP contribution in [0, 0.1) is 0 Å². The molecule has 0 aliphatic carbocycles. The van der Waals surface area contributed by atoms with E-state index in [1.54, 1.807) is 6.08 Å². The number of aliphatic carboxylic acids is 1. The molecule has 0 saturated carbocycles. The van der Waals surface area contributed by atoms with Gasteiger partial charge in [-0.1, -0.05) is 24.3 Å². The molecular formula is C13H11NO3. The first-order valence-corrected chi connectivity index (χ1v) is 5.40. The molecule has 0 saturated heterocycles. The zero-order valence-electron chi connectivity index (χ0n) is 9.09. The SMILES string of the molecule is O=C(O)C1=C2C=CCN2c2ccccc2CO1. The molecule has 86 valence electrons. The number of hydrogen-bond donors (Lipinski definition) is 1. The molecule has 2 aliphatic rings. The molecule has 4 nitrogen and oxygen atoms in total. The van der Waals surface area contributed by atoms with Crippen molar-refractivity contribution >= 4 is 11.7 Å². The summed E-state index contributed by atoms with van der Waals surface area (Å²) in [7, 11) is 0. The highest BCUT2D eigenvalue weighted by Gasteiger charge is 2.27. The fourth-order valence-corrected chi connectivity index (χ4v) is 2.18. The number of anilines is 1. The number of carboxylic acid groups (broad SMARTS) is 1. The Balaban J connectivity index is 2.15. The highest BCUT2D eigenvalue weighted by molar-refractivity contribution is 5.88. The Hall–Kier alpha value is -2.23. The minimum absolute atomic E-state index is 0.0231. The van der Waals surface area contributed by atoms with Crippen molar-refractivity contribution in [1.29, 1.82) is 0 Å². The fraction of sp³-hybridized carbons (Fsp3) is 0.154. The number of nitrogens with zero attached hydrogens (tertiary/aromatic N) is 1. The van der Waals surface area contributed by atoms with Crippen LogP contribution in [0.5, 0.6) is 0 Å². The highest BCUT2D eigenvalue weighted by atomic mass is 16.5. The van der Waals surface area contributed by atoms with Gasteiger partial charge >= 0.3 is 5.97 Å². The summed E-state index contributed by atoms with van der Waals surface area (Å²) in [5.74, 6) is -1.00. The van der Waals surface area contributed by atoms with Crippen LogP contribution in [0.4, 0.5) is 5.69 Å². The summed E-state index contributed by atoms with van der Waals surface area (Å²) in [6.45, 7) is 0.984. The molecule has 1 N–H and O–H groups in total. The summed E-state index contributed by atoms with van der Waals surface area (Å²) in [5.41, 5.74) is 2.65. The molecule has 0 unspecified atom stereocenters. The van der Waals surface area contributed by atoms with Crippen LogP contribution in [0.1, 0.15) is 5.56 Å². The molecule has 0 atom stereocenters. The maximum atomic E-state index is 11.2. The van der Waals surface area contributed by atoms with Crippen LogP contribution in [-0.4, -0.2) is 17.6 Å². The monoisotopic (exact) mass is 229 g/mol. The zero-order valence-corrected chi connectivity index (χ0v) is 9.09. The van der Waals surface area contributed by atoms with E-state index in [9.17, 15) is 4.79 Å². The average Bonchev–Trinajstić information content (AvgIpc) is 2.73. The second-order valence-electron chi connectivity index (χ2n) is 3.95. The molecule has 0 aromatic heterocycles. The van der Waals surface area contributed by atoms with Gasteiger partial charge in [0, 0.05) is 17.8 Å². The normalized spacial score (nSPS) is 17.3. The van der Waals surface area contributed by atoms with E-state index in [4.69, 9.17) is 9.84 Å². The van der Waals surface area contributed by atoms with Crippen molar-refractivity contribution in [3.8, 4) is 0 Å². The molecule has 17 heavy (non-hydrogen) atoms. The highest BCUT2D eigenvalue weighted by Crippen LogP contribution is 2.33. The van der Waals surface area contributed by atoms with E-state index in [1.807, 2.05) is 35.2 Å². The van der Waals surface area contributed by atoms with Crippen LogP contribution in [0.25, 0.3) is 0 Å². The van der Waals surface area contributed by atoms with Gasteiger partial charge < -0.3 is 14.7 Å². The second-order valence-corrected chi connectivity index (χ2v) is 3.95. The van der Waals surface area contributed by atoms with Gasteiger partial charge in [-0.2, -0.15) is 0 Å². The van der Waals surface area contributed by atoms with Crippen LogP contribution < -0.4 is 4.90 Å². The third-order valence-electron chi connectivity index (χ3n) is 2.94. The Morgan fingerprint density at radius 3 is 3.00 bits per heavy atom. The fourth-order valence-electron chi connectivity index (χ4n) is 2.18. The molecule has 1 aromatic carbocycles. The lowest BCUT2D eigenvalue weighted by Gasteiger charge is -2.20. The van der Waals surface area contributed by atoms with Crippen molar-refractivity contribution in [1.82, 2.24) is 0 Å². The van der Waals surface area contributed by atoms with Crippen molar-refractivity contribution in [2.24, 2.45) is 0 Å².